The van der Waals surface area contributed by atoms with Gasteiger partial charge in [-0.3, -0.25) is 0 Å². The molecule has 2 rings (SSSR count). The van der Waals surface area contributed by atoms with E-state index < -0.39 is 5.60 Å². The van der Waals surface area contributed by atoms with E-state index in [1.54, 1.807) is 7.11 Å². The minimum absolute atomic E-state index is 0.347. The summed E-state index contributed by atoms with van der Waals surface area (Å²) >= 11 is 0. The molecule has 0 unspecified atom stereocenters. The third-order valence-electron chi connectivity index (χ3n) is 5.46. The lowest BCUT2D eigenvalue weighted by Crippen LogP contribution is -2.39. The van der Waals surface area contributed by atoms with Gasteiger partial charge in [-0.2, -0.15) is 0 Å². The molecule has 0 radical (unpaired) electrons. The van der Waals surface area contributed by atoms with Gasteiger partial charge in [-0.1, -0.05) is 13.8 Å². The van der Waals surface area contributed by atoms with E-state index in [4.69, 9.17) is 10.5 Å². The van der Waals surface area contributed by atoms with Crippen molar-refractivity contribution in [2.45, 2.75) is 52.6 Å². The van der Waals surface area contributed by atoms with Crippen LogP contribution in [0.5, 0.6) is 5.75 Å². The first-order valence-electron chi connectivity index (χ1n) is 9.13. The second-order valence-electron chi connectivity index (χ2n) is 8.10. The molecule has 1 heterocycles. The first-order valence-corrected chi connectivity index (χ1v) is 9.13. The van der Waals surface area contributed by atoms with Crippen LogP contribution >= 0.6 is 0 Å². The van der Waals surface area contributed by atoms with Crippen molar-refractivity contribution in [3.63, 3.8) is 0 Å². The van der Waals surface area contributed by atoms with Crippen LogP contribution in [0.4, 0.5) is 11.4 Å². The third-order valence-corrected chi connectivity index (χ3v) is 5.46. The number of nitrogen functional groups attached to an aromatic ring is 1. The monoisotopic (exact) mass is 334 g/mol. The fourth-order valence-electron chi connectivity index (χ4n) is 4.10. The zero-order valence-electron chi connectivity index (χ0n) is 15.9. The summed E-state index contributed by atoms with van der Waals surface area (Å²) in [5.74, 6) is 2.38. The molecule has 1 fully saturated rings. The predicted molar refractivity (Wildman–Crippen MR) is 102 cm³/mol. The Bertz CT molecular complexity index is 529. The van der Waals surface area contributed by atoms with E-state index in [9.17, 15) is 5.11 Å². The summed E-state index contributed by atoms with van der Waals surface area (Å²) in [5, 5.41) is 10.5. The standard InChI is InChI=1S/C20H34N2O2/c1-14(2)17(20(3,4)23)12-15-8-10-22(11-9-15)18-7-6-16(21)13-19(18)24-5/h6-7,13-15,17,23H,8-12,21H2,1-5H3/t17-/m0/s1. The first kappa shape index (κ1) is 18.9. The molecule has 0 saturated carbocycles. The number of ether oxygens (including phenoxy) is 1. The van der Waals surface area contributed by atoms with Gasteiger partial charge in [0.1, 0.15) is 5.75 Å². The number of rotatable bonds is 6. The second kappa shape index (κ2) is 7.64. The average Bonchev–Trinajstić information content (AvgIpc) is 2.51. The fourth-order valence-corrected chi connectivity index (χ4v) is 4.10. The molecule has 1 aliphatic rings. The van der Waals surface area contributed by atoms with Gasteiger partial charge in [0, 0.05) is 24.8 Å². The van der Waals surface area contributed by atoms with Crippen molar-refractivity contribution in [3.8, 4) is 5.75 Å². The Labute approximate surface area is 147 Å². The zero-order valence-corrected chi connectivity index (χ0v) is 15.9. The summed E-state index contributed by atoms with van der Waals surface area (Å²) in [6.45, 7) is 10.4. The molecule has 3 N–H and O–H groups in total. The van der Waals surface area contributed by atoms with Crippen molar-refractivity contribution in [1.82, 2.24) is 0 Å². The summed E-state index contributed by atoms with van der Waals surface area (Å²) in [6.07, 6.45) is 3.42. The average molecular weight is 335 g/mol. The molecule has 1 aromatic rings. The van der Waals surface area contributed by atoms with E-state index in [-0.39, 0.29) is 0 Å². The SMILES string of the molecule is COc1cc(N)ccc1N1CCC(C[C@@H](C(C)C)C(C)(C)O)CC1. The van der Waals surface area contributed by atoms with Gasteiger partial charge in [-0.15, -0.1) is 0 Å². The van der Waals surface area contributed by atoms with Crippen LogP contribution in [0, 0.1) is 17.8 Å². The largest absolute Gasteiger partial charge is 0.495 e. The Balaban J connectivity index is 1.99. The lowest BCUT2D eigenvalue weighted by Gasteiger charge is -2.39. The number of hydrogen-bond donors (Lipinski definition) is 2. The number of aliphatic hydroxyl groups is 1. The lowest BCUT2D eigenvalue weighted by molar-refractivity contribution is -0.0165. The van der Waals surface area contributed by atoms with E-state index in [0.29, 0.717) is 17.8 Å². The molecule has 0 bridgehead atoms. The number of piperidine rings is 1. The zero-order chi connectivity index (χ0) is 17.9. The smallest absolute Gasteiger partial charge is 0.144 e. The molecule has 0 amide bonds. The van der Waals surface area contributed by atoms with Crippen LogP contribution in [-0.4, -0.2) is 30.9 Å². The van der Waals surface area contributed by atoms with Gasteiger partial charge in [0.25, 0.3) is 0 Å². The molecular formula is C20H34N2O2. The van der Waals surface area contributed by atoms with E-state index in [0.717, 1.165) is 49.5 Å². The summed E-state index contributed by atoms with van der Waals surface area (Å²) < 4.78 is 5.49. The van der Waals surface area contributed by atoms with E-state index >= 15 is 0 Å². The van der Waals surface area contributed by atoms with Gasteiger partial charge in [0.05, 0.1) is 18.4 Å². The van der Waals surface area contributed by atoms with Gasteiger partial charge >= 0.3 is 0 Å². The van der Waals surface area contributed by atoms with Crippen LogP contribution in [-0.2, 0) is 0 Å². The van der Waals surface area contributed by atoms with Crippen molar-refractivity contribution in [2.75, 3.05) is 30.8 Å². The highest BCUT2D eigenvalue weighted by molar-refractivity contribution is 5.64. The quantitative estimate of drug-likeness (QED) is 0.774. The third kappa shape index (κ3) is 4.56. The Morgan fingerprint density at radius 1 is 1.29 bits per heavy atom. The summed E-state index contributed by atoms with van der Waals surface area (Å²) in [7, 11) is 1.70. The lowest BCUT2D eigenvalue weighted by atomic mass is 9.74. The van der Waals surface area contributed by atoms with Gasteiger partial charge in [0.15, 0.2) is 0 Å². The number of methoxy groups -OCH3 is 1. The molecular weight excluding hydrogens is 300 g/mol. The molecule has 0 spiro atoms. The normalized spacial score (nSPS) is 18.0. The Morgan fingerprint density at radius 2 is 1.92 bits per heavy atom. The number of nitrogens with two attached hydrogens (primary N) is 1. The highest BCUT2D eigenvalue weighted by atomic mass is 16.5. The molecule has 1 aromatic carbocycles. The van der Waals surface area contributed by atoms with Crippen LogP contribution in [0.2, 0.25) is 0 Å². The maximum Gasteiger partial charge on any atom is 0.144 e. The fraction of sp³-hybridized carbons (Fsp3) is 0.700. The minimum Gasteiger partial charge on any atom is -0.495 e. The molecule has 0 aromatic heterocycles. The first-order chi connectivity index (χ1) is 11.2. The van der Waals surface area contributed by atoms with Crippen molar-refractivity contribution in [2.24, 2.45) is 17.8 Å². The number of hydrogen-bond acceptors (Lipinski definition) is 4. The van der Waals surface area contributed by atoms with E-state index in [1.807, 2.05) is 26.0 Å². The minimum atomic E-state index is -0.606. The topological polar surface area (TPSA) is 58.7 Å². The van der Waals surface area contributed by atoms with Gasteiger partial charge in [-0.25, -0.2) is 0 Å². The molecule has 1 saturated heterocycles. The maximum atomic E-state index is 10.5. The summed E-state index contributed by atoms with van der Waals surface area (Å²) in [6, 6.07) is 5.89. The molecule has 4 nitrogen and oxygen atoms in total. The van der Waals surface area contributed by atoms with Crippen LogP contribution < -0.4 is 15.4 Å². The second-order valence-corrected chi connectivity index (χ2v) is 8.10. The van der Waals surface area contributed by atoms with Crippen molar-refractivity contribution in [1.29, 1.82) is 0 Å². The van der Waals surface area contributed by atoms with Crippen LogP contribution in [0.3, 0.4) is 0 Å². The van der Waals surface area contributed by atoms with E-state index in [1.165, 1.54) is 0 Å². The van der Waals surface area contributed by atoms with Crippen molar-refractivity contribution in [3.05, 3.63) is 18.2 Å². The summed E-state index contributed by atoms with van der Waals surface area (Å²) in [5.41, 5.74) is 7.11. The maximum absolute atomic E-state index is 10.5. The molecule has 4 heteroatoms. The Hall–Kier alpha value is -1.42. The Morgan fingerprint density at radius 3 is 2.42 bits per heavy atom. The van der Waals surface area contributed by atoms with E-state index in [2.05, 4.69) is 24.8 Å². The molecule has 1 aliphatic heterocycles. The van der Waals surface area contributed by atoms with Gasteiger partial charge in [-0.05, 0) is 63.0 Å². The highest BCUT2D eigenvalue weighted by Crippen LogP contribution is 2.37. The van der Waals surface area contributed by atoms with Crippen molar-refractivity contribution < 1.29 is 9.84 Å². The summed E-state index contributed by atoms with van der Waals surface area (Å²) in [4.78, 5) is 2.39. The van der Waals surface area contributed by atoms with Crippen LogP contribution in [0.15, 0.2) is 18.2 Å². The molecule has 0 aliphatic carbocycles. The molecule has 136 valence electrons. The molecule has 24 heavy (non-hydrogen) atoms. The molecule has 1 atom stereocenters. The number of nitrogens with zero attached hydrogens (tertiary/aromatic N) is 1. The highest BCUT2D eigenvalue weighted by Gasteiger charge is 2.33. The van der Waals surface area contributed by atoms with Crippen LogP contribution in [0.25, 0.3) is 0 Å². The number of anilines is 2. The van der Waals surface area contributed by atoms with Crippen LogP contribution in [0.1, 0.15) is 47.0 Å². The Kier molecular flexibility index (Phi) is 6.02. The van der Waals surface area contributed by atoms with Gasteiger partial charge < -0.3 is 20.5 Å². The number of benzene rings is 1. The predicted octanol–water partition coefficient (Wildman–Crippen LogP) is 3.93. The van der Waals surface area contributed by atoms with Gasteiger partial charge in [0.2, 0.25) is 0 Å². The van der Waals surface area contributed by atoms with Crippen molar-refractivity contribution >= 4 is 11.4 Å².